The third-order valence-corrected chi connectivity index (χ3v) is 7.16. The molecule has 1 heterocycles. The van der Waals surface area contributed by atoms with Gasteiger partial charge in [0.05, 0.1) is 19.7 Å². The highest BCUT2D eigenvalue weighted by molar-refractivity contribution is 6.02. The molecule has 1 atom stereocenters. The third kappa shape index (κ3) is 5.93. The van der Waals surface area contributed by atoms with E-state index in [0.29, 0.717) is 34.7 Å². The zero-order valence-corrected chi connectivity index (χ0v) is 24.2. The minimum atomic E-state index is -1.01. The van der Waals surface area contributed by atoms with Gasteiger partial charge in [0.25, 0.3) is 0 Å². The summed E-state index contributed by atoms with van der Waals surface area (Å²) in [6.07, 6.45) is 0.708. The molecule has 1 aromatic heterocycles. The second-order valence-corrected chi connectivity index (χ2v) is 10.5. The number of aromatic nitrogens is 3. The van der Waals surface area contributed by atoms with Crippen molar-refractivity contribution in [3.8, 4) is 11.5 Å². The average Bonchev–Trinajstić information content (AvgIpc) is 3.34. The van der Waals surface area contributed by atoms with Crippen LogP contribution in [0.15, 0.2) is 60.7 Å². The van der Waals surface area contributed by atoms with Gasteiger partial charge in [-0.3, -0.25) is 14.5 Å². The second-order valence-electron chi connectivity index (χ2n) is 10.5. The summed E-state index contributed by atoms with van der Waals surface area (Å²) in [6.45, 7) is 9.75. The third-order valence-electron chi connectivity index (χ3n) is 7.16. The maximum atomic E-state index is 14.3. The van der Waals surface area contributed by atoms with Gasteiger partial charge in [-0.25, -0.2) is 4.68 Å². The number of carbonyl (C=O) groups excluding carboxylic acids is 2. The Morgan fingerprint density at radius 1 is 1.00 bits per heavy atom. The fourth-order valence-corrected chi connectivity index (χ4v) is 4.66. The maximum Gasteiger partial charge on any atom is 0.249 e. The summed E-state index contributed by atoms with van der Waals surface area (Å²) in [4.78, 5) is 30.1. The molecular weight excluding hydrogens is 506 g/mol. The number of benzene rings is 3. The van der Waals surface area contributed by atoms with E-state index >= 15 is 0 Å². The van der Waals surface area contributed by atoms with Crippen LogP contribution in [0, 0.1) is 13.8 Å². The van der Waals surface area contributed by atoms with Crippen LogP contribution in [0.1, 0.15) is 49.9 Å². The van der Waals surface area contributed by atoms with Crippen LogP contribution >= 0.6 is 0 Å². The van der Waals surface area contributed by atoms with Gasteiger partial charge in [-0.05, 0) is 75.6 Å². The topological polar surface area (TPSA) is 98.6 Å². The molecule has 0 aliphatic heterocycles. The van der Waals surface area contributed by atoms with Crippen LogP contribution in [0.3, 0.4) is 0 Å². The van der Waals surface area contributed by atoms with Crippen molar-refractivity contribution < 1.29 is 19.1 Å². The number of carbonyl (C=O) groups is 2. The molecule has 0 bridgehead atoms. The number of para-hydroxylation sites is 1. The first-order valence-corrected chi connectivity index (χ1v) is 13.3. The number of nitrogens with zero attached hydrogens (tertiary/aromatic N) is 4. The molecule has 0 unspecified atom stereocenters. The standard InChI is InChI=1S/C31H37N5O4/c1-8-31(4,5)32-30(38)29(22-14-16-26(39-6)27(18-22)40-7)36(24-15-13-20(2)17-21(24)3)28(37)19-35-25-12-10-9-11-23(25)33-34-35/h9-18,29H,8,19H2,1-7H3,(H,32,38)/t29-/m1/s1. The molecule has 40 heavy (non-hydrogen) atoms. The summed E-state index contributed by atoms with van der Waals surface area (Å²) < 4.78 is 12.6. The number of hydrogen-bond donors (Lipinski definition) is 1. The molecule has 0 aliphatic rings. The van der Waals surface area contributed by atoms with Crippen molar-refractivity contribution in [3.05, 3.63) is 77.4 Å². The zero-order valence-electron chi connectivity index (χ0n) is 24.2. The van der Waals surface area contributed by atoms with Gasteiger partial charge in [0.1, 0.15) is 18.1 Å². The number of anilines is 1. The van der Waals surface area contributed by atoms with E-state index in [-0.39, 0.29) is 18.4 Å². The number of ether oxygens (including phenoxy) is 2. The number of rotatable bonds is 10. The fourth-order valence-electron chi connectivity index (χ4n) is 4.66. The number of aryl methyl sites for hydroxylation is 2. The van der Waals surface area contributed by atoms with E-state index in [4.69, 9.17) is 9.47 Å². The van der Waals surface area contributed by atoms with Crippen molar-refractivity contribution >= 4 is 28.5 Å². The number of fused-ring (bicyclic) bond motifs is 1. The molecule has 4 aromatic rings. The van der Waals surface area contributed by atoms with Crippen molar-refractivity contribution in [2.75, 3.05) is 19.1 Å². The highest BCUT2D eigenvalue weighted by atomic mass is 16.5. The first-order valence-electron chi connectivity index (χ1n) is 13.3. The Labute approximate surface area is 235 Å². The van der Waals surface area contributed by atoms with Crippen LogP contribution in [0.5, 0.6) is 11.5 Å². The molecule has 1 N–H and O–H groups in total. The first-order chi connectivity index (χ1) is 19.1. The summed E-state index contributed by atoms with van der Waals surface area (Å²) in [5, 5.41) is 11.6. The molecule has 0 spiro atoms. The van der Waals surface area contributed by atoms with Gasteiger partial charge in [-0.2, -0.15) is 0 Å². The molecular formula is C31H37N5O4. The van der Waals surface area contributed by atoms with Gasteiger partial charge in [0, 0.05) is 11.2 Å². The fraction of sp³-hybridized carbons (Fsp3) is 0.355. The molecule has 210 valence electrons. The monoisotopic (exact) mass is 543 g/mol. The smallest absolute Gasteiger partial charge is 0.249 e. The summed E-state index contributed by atoms with van der Waals surface area (Å²) >= 11 is 0. The van der Waals surface area contributed by atoms with Crippen LogP contribution in [-0.4, -0.2) is 46.6 Å². The molecule has 4 rings (SSSR count). The van der Waals surface area contributed by atoms with Gasteiger partial charge in [0.2, 0.25) is 11.8 Å². The molecule has 2 amide bonds. The molecule has 0 saturated carbocycles. The Morgan fingerprint density at radius 3 is 2.40 bits per heavy atom. The van der Waals surface area contributed by atoms with Crippen LogP contribution in [0.4, 0.5) is 5.69 Å². The Hall–Kier alpha value is -4.40. The van der Waals surface area contributed by atoms with Gasteiger partial charge in [-0.1, -0.05) is 48.0 Å². The molecule has 9 heteroatoms. The SMILES string of the molecule is CCC(C)(C)NC(=O)[C@@H](c1ccc(OC)c(OC)c1)N(C(=O)Cn1nnc2ccccc21)c1ccc(C)cc1C. The van der Waals surface area contributed by atoms with E-state index in [0.717, 1.165) is 16.6 Å². The van der Waals surface area contributed by atoms with Crippen molar-refractivity contribution in [2.24, 2.45) is 0 Å². The Morgan fingerprint density at radius 2 is 1.73 bits per heavy atom. The maximum absolute atomic E-state index is 14.3. The lowest BCUT2D eigenvalue weighted by atomic mass is 9.97. The van der Waals surface area contributed by atoms with E-state index in [1.165, 1.54) is 0 Å². The van der Waals surface area contributed by atoms with Crippen molar-refractivity contribution in [1.29, 1.82) is 0 Å². The van der Waals surface area contributed by atoms with E-state index in [2.05, 4.69) is 15.6 Å². The molecule has 0 radical (unpaired) electrons. The Bertz CT molecular complexity index is 1530. The normalized spacial score (nSPS) is 12.2. The van der Waals surface area contributed by atoms with Crippen LogP contribution in [-0.2, 0) is 16.1 Å². The summed E-state index contributed by atoms with van der Waals surface area (Å²) in [7, 11) is 3.10. The lowest BCUT2D eigenvalue weighted by molar-refractivity contribution is -0.128. The average molecular weight is 544 g/mol. The Kier molecular flexibility index (Phi) is 8.42. The minimum Gasteiger partial charge on any atom is -0.493 e. The van der Waals surface area contributed by atoms with E-state index in [1.807, 2.05) is 77.1 Å². The largest absolute Gasteiger partial charge is 0.493 e. The van der Waals surface area contributed by atoms with Gasteiger partial charge in [0.15, 0.2) is 11.5 Å². The van der Waals surface area contributed by atoms with Gasteiger partial charge in [-0.15, -0.1) is 5.10 Å². The lowest BCUT2D eigenvalue weighted by Gasteiger charge is -2.35. The van der Waals surface area contributed by atoms with E-state index in [1.54, 1.807) is 42.0 Å². The molecule has 3 aromatic carbocycles. The highest BCUT2D eigenvalue weighted by Crippen LogP contribution is 2.36. The minimum absolute atomic E-state index is 0.109. The van der Waals surface area contributed by atoms with E-state index in [9.17, 15) is 9.59 Å². The van der Waals surface area contributed by atoms with Crippen LogP contribution in [0.25, 0.3) is 11.0 Å². The van der Waals surface area contributed by atoms with Crippen molar-refractivity contribution in [2.45, 2.75) is 59.2 Å². The number of methoxy groups -OCH3 is 2. The summed E-state index contributed by atoms with van der Waals surface area (Å²) in [5.41, 5.74) is 4.05. The van der Waals surface area contributed by atoms with Crippen LogP contribution in [0.2, 0.25) is 0 Å². The molecule has 9 nitrogen and oxygen atoms in total. The summed E-state index contributed by atoms with van der Waals surface area (Å²) in [5.74, 6) is 0.364. The van der Waals surface area contributed by atoms with Crippen LogP contribution < -0.4 is 19.7 Å². The Balaban J connectivity index is 1.90. The van der Waals surface area contributed by atoms with Crippen molar-refractivity contribution in [3.63, 3.8) is 0 Å². The quantitative estimate of drug-likeness (QED) is 0.297. The summed E-state index contributed by atoms with van der Waals surface area (Å²) in [6, 6.07) is 17.6. The molecule has 0 aliphatic carbocycles. The predicted molar refractivity (Wildman–Crippen MR) is 156 cm³/mol. The van der Waals surface area contributed by atoms with E-state index < -0.39 is 11.6 Å². The number of amides is 2. The predicted octanol–water partition coefficient (Wildman–Crippen LogP) is 5.14. The zero-order chi connectivity index (χ0) is 29.0. The second kappa shape index (κ2) is 11.8. The van der Waals surface area contributed by atoms with Gasteiger partial charge >= 0.3 is 0 Å². The lowest BCUT2D eigenvalue weighted by Crippen LogP contribution is -2.51. The highest BCUT2D eigenvalue weighted by Gasteiger charge is 2.36. The van der Waals surface area contributed by atoms with Crippen molar-refractivity contribution in [1.82, 2.24) is 20.3 Å². The number of nitrogens with one attached hydrogen (secondary N) is 1. The number of hydrogen-bond acceptors (Lipinski definition) is 6. The molecule has 0 saturated heterocycles. The first kappa shape index (κ1) is 28.6. The molecule has 0 fully saturated rings. The van der Waals surface area contributed by atoms with Gasteiger partial charge < -0.3 is 14.8 Å².